The standard InChI is InChI=1S/C18H21N3O3S/c1-3-24-13-9-7-12(8-10-13)19-16(22)11(2)25-18-20-15-6-4-5-14(15)17(23)21-18/h7-11H,3-6H2,1-2H3,(H,19,22)(H,20,21,23). The van der Waals surface area contributed by atoms with Gasteiger partial charge in [0.2, 0.25) is 5.91 Å². The lowest BCUT2D eigenvalue weighted by atomic mass is 10.3. The lowest BCUT2D eigenvalue weighted by Gasteiger charge is -2.12. The molecule has 0 bridgehead atoms. The van der Waals surface area contributed by atoms with Gasteiger partial charge in [0.25, 0.3) is 5.56 Å². The molecule has 1 aromatic carbocycles. The first-order chi connectivity index (χ1) is 12.1. The molecule has 7 heteroatoms. The van der Waals surface area contributed by atoms with Gasteiger partial charge in [0.15, 0.2) is 5.16 Å². The summed E-state index contributed by atoms with van der Waals surface area (Å²) < 4.78 is 5.38. The van der Waals surface area contributed by atoms with E-state index in [9.17, 15) is 9.59 Å². The Balaban J connectivity index is 1.63. The molecule has 0 fully saturated rings. The fourth-order valence-corrected chi connectivity index (χ4v) is 3.56. The molecule has 1 amide bonds. The van der Waals surface area contributed by atoms with Gasteiger partial charge in [0, 0.05) is 11.3 Å². The predicted octanol–water partition coefficient (Wildman–Crippen LogP) is 2.78. The van der Waals surface area contributed by atoms with Gasteiger partial charge >= 0.3 is 0 Å². The summed E-state index contributed by atoms with van der Waals surface area (Å²) in [6.45, 7) is 4.32. The molecule has 1 atom stereocenters. The number of benzene rings is 1. The number of aryl methyl sites for hydroxylation is 1. The van der Waals surface area contributed by atoms with E-state index in [2.05, 4.69) is 15.3 Å². The first-order valence-corrected chi connectivity index (χ1v) is 9.27. The lowest BCUT2D eigenvalue weighted by molar-refractivity contribution is -0.115. The second-order valence-electron chi connectivity index (χ2n) is 5.86. The van der Waals surface area contributed by atoms with Gasteiger partial charge in [-0.1, -0.05) is 11.8 Å². The molecule has 3 rings (SSSR count). The maximum atomic E-state index is 12.4. The van der Waals surface area contributed by atoms with E-state index < -0.39 is 0 Å². The first kappa shape index (κ1) is 17.5. The zero-order valence-electron chi connectivity index (χ0n) is 14.3. The van der Waals surface area contributed by atoms with Crippen molar-refractivity contribution in [3.63, 3.8) is 0 Å². The van der Waals surface area contributed by atoms with Crippen molar-refractivity contribution in [1.82, 2.24) is 9.97 Å². The zero-order valence-corrected chi connectivity index (χ0v) is 15.1. The van der Waals surface area contributed by atoms with Crippen LogP contribution in [0.25, 0.3) is 0 Å². The van der Waals surface area contributed by atoms with Crippen LogP contribution in [0.15, 0.2) is 34.2 Å². The molecule has 0 saturated heterocycles. The third-order valence-electron chi connectivity index (χ3n) is 4.01. The number of ether oxygens (including phenoxy) is 1. The average molecular weight is 359 g/mol. The van der Waals surface area contributed by atoms with Crippen LogP contribution in [0.5, 0.6) is 5.75 Å². The smallest absolute Gasteiger partial charge is 0.254 e. The number of fused-ring (bicyclic) bond motifs is 1. The number of aromatic nitrogens is 2. The van der Waals surface area contributed by atoms with Crippen molar-refractivity contribution >= 4 is 23.4 Å². The number of carbonyl (C=O) groups excluding carboxylic acids is 1. The molecule has 25 heavy (non-hydrogen) atoms. The summed E-state index contributed by atoms with van der Waals surface area (Å²) in [5, 5.41) is 2.98. The van der Waals surface area contributed by atoms with Gasteiger partial charge in [-0.15, -0.1) is 0 Å². The maximum Gasteiger partial charge on any atom is 0.254 e. The quantitative estimate of drug-likeness (QED) is 0.612. The molecule has 0 aliphatic heterocycles. The van der Waals surface area contributed by atoms with E-state index in [0.717, 1.165) is 36.3 Å². The average Bonchev–Trinajstić information content (AvgIpc) is 3.06. The monoisotopic (exact) mass is 359 g/mol. The SMILES string of the molecule is CCOc1ccc(NC(=O)C(C)Sc2nc3c(c(=O)[nH]2)CCC3)cc1. The second-order valence-corrected chi connectivity index (χ2v) is 7.19. The Kier molecular flexibility index (Phi) is 5.43. The van der Waals surface area contributed by atoms with E-state index in [-0.39, 0.29) is 16.7 Å². The zero-order chi connectivity index (χ0) is 17.8. The molecule has 1 aliphatic rings. The number of nitrogens with one attached hydrogen (secondary N) is 2. The molecule has 0 radical (unpaired) electrons. The van der Waals surface area contributed by atoms with Crippen LogP contribution in [-0.4, -0.2) is 27.7 Å². The number of carbonyl (C=O) groups is 1. The largest absolute Gasteiger partial charge is 0.494 e. The van der Waals surface area contributed by atoms with E-state index in [4.69, 9.17) is 4.74 Å². The van der Waals surface area contributed by atoms with Crippen LogP contribution in [0.4, 0.5) is 5.69 Å². The number of anilines is 1. The third kappa shape index (κ3) is 4.22. The molecule has 1 heterocycles. The number of rotatable bonds is 6. The number of nitrogens with zero attached hydrogens (tertiary/aromatic N) is 1. The van der Waals surface area contributed by atoms with Gasteiger partial charge in [-0.3, -0.25) is 9.59 Å². The highest BCUT2D eigenvalue weighted by Gasteiger charge is 2.20. The summed E-state index contributed by atoms with van der Waals surface area (Å²) >= 11 is 1.26. The van der Waals surface area contributed by atoms with E-state index >= 15 is 0 Å². The van der Waals surface area contributed by atoms with E-state index in [1.165, 1.54) is 11.8 Å². The highest BCUT2D eigenvalue weighted by molar-refractivity contribution is 8.00. The summed E-state index contributed by atoms with van der Waals surface area (Å²) in [6, 6.07) is 7.23. The van der Waals surface area contributed by atoms with Gasteiger partial charge in [-0.05, 0) is 57.4 Å². The number of amides is 1. The second kappa shape index (κ2) is 7.74. The summed E-state index contributed by atoms with van der Waals surface area (Å²) in [5.74, 6) is 0.625. The Morgan fingerprint density at radius 2 is 2.12 bits per heavy atom. The minimum atomic E-state index is -0.380. The topological polar surface area (TPSA) is 84.1 Å². The van der Waals surface area contributed by atoms with Crippen LogP contribution >= 0.6 is 11.8 Å². The number of H-pyrrole nitrogens is 1. The highest BCUT2D eigenvalue weighted by Crippen LogP contribution is 2.24. The van der Waals surface area contributed by atoms with Gasteiger partial charge in [-0.2, -0.15) is 0 Å². The fraction of sp³-hybridized carbons (Fsp3) is 0.389. The van der Waals surface area contributed by atoms with Gasteiger partial charge in [0.05, 0.1) is 17.6 Å². The van der Waals surface area contributed by atoms with E-state index in [1.807, 2.05) is 19.1 Å². The first-order valence-electron chi connectivity index (χ1n) is 8.39. The normalized spacial score (nSPS) is 14.0. The summed E-state index contributed by atoms with van der Waals surface area (Å²) in [7, 11) is 0. The highest BCUT2D eigenvalue weighted by atomic mass is 32.2. The molecule has 2 N–H and O–H groups in total. The minimum Gasteiger partial charge on any atom is -0.494 e. The van der Waals surface area contributed by atoms with Crippen molar-refractivity contribution in [3.05, 3.63) is 45.9 Å². The van der Waals surface area contributed by atoms with Crippen LogP contribution in [0, 0.1) is 0 Å². The molecular weight excluding hydrogens is 338 g/mol. The van der Waals surface area contributed by atoms with E-state index in [0.29, 0.717) is 17.5 Å². The Morgan fingerprint density at radius 3 is 2.84 bits per heavy atom. The molecule has 0 saturated carbocycles. The fourth-order valence-electron chi connectivity index (χ4n) is 2.74. The van der Waals surface area contributed by atoms with Crippen molar-refractivity contribution in [3.8, 4) is 5.75 Å². The lowest BCUT2D eigenvalue weighted by Crippen LogP contribution is -2.23. The van der Waals surface area contributed by atoms with Crippen LogP contribution in [0.3, 0.4) is 0 Å². The molecular formula is C18H21N3O3S. The molecule has 1 aliphatic carbocycles. The van der Waals surface area contributed by atoms with Crippen molar-refractivity contribution < 1.29 is 9.53 Å². The number of aromatic amines is 1. The van der Waals surface area contributed by atoms with Crippen LogP contribution in [-0.2, 0) is 17.6 Å². The van der Waals surface area contributed by atoms with Crippen molar-refractivity contribution in [1.29, 1.82) is 0 Å². The Morgan fingerprint density at radius 1 is 1.36 bits per heavy atom. The van der Waals surface area contributed by atoms with Crippen molar-refractivity contribution in [2.45, 2.75) is 43.5 Å². The summed E-state index contributed by atoms with van der Waals surface area (Å²) in [5.41, 5.74) is 2.28. The Labute approximate surface area is 150 Å². The van der Waals surface area contributed by atoms with Gasteiger partial charge < -0.3 is 15.0 Å². The molecule has 1 unspecified atom stereocenters. The van der Waals surface area contributed by atoms with Gasteiger partial charge in [-0.25, -0.2) is 4.98 Å². The predicted molar refractivity (Wildman–Crippen MR) is 98.4 cm³/mol. The molecule has 132 valence electrons. The Hall–Kier alpha value is -2.28. The van der Waals surface area contributed by atoms with Crippen LogP contribution in [0.2, 0.25) is 0 Å². The maximum absolute atomic E-state index is 12.4. The minimum absolute atomic E-state index is 0.0795. The van der Waals surface area contributed by atoms with Crippen LogP contribution < -0.4 is 15.6 Å². The van der Waals surface area contributed by atoms with Crippen molar-refractivity contribution in [2.75, 3.05) is 11.9 Å². The van der Waals surface area contributed by atoms with E-state index in [1.54, 1.807) is 19.1 Å². The molecule has 2 aromatic rings. The summed E-state index contributed by atoms with van der Waals surface area (Å²) in [6.07, 6.45) is 2.59. The van der Waals surface area contributed by atoms with Crippen LogP contribution in [0.1, 0.15) is 31.5 Å². The number of hydrogen-bond acceptors (Lipinski definition) is 5. The molecule has 1 aromatic heterocycles. The molecule has 6 nitrogen and oxygen atoms in total. The number of thioether (sulfide) groups is 1. The third-order valence-corrected chi connectivity index (χ3v) is 4.99. The number of hydrogen-bond donors (Lipinski definition) is 2. The van der Waals surface area contributed by atoms with Crippen molar-refractivity contribution in [2.24, 2.45) is 0 Å². The Bertz CT molecular complexity index is 817. The molecule has 0 spiro atoms. The summed E-state index contributed by atoms with van der Waals surface area (Å²) in [4.78, 5) is 31.7. The van der Waals surface area contributed by atoms with Gasteiger partial charge in [0.1, 0.15) is 5.75 Å².